The third-order valence-corrected chi connectivity index (χ3v) is 4.80. The van der Waals surface area contributed by atoms with Crippen LogP contribution < -0.4 is 5.32 Å². The van der Waals surface area contributed by atoms with Gasteiger partial charge in [0.25, 0.3) is 0 Å². The highest BCUT2D eigenvalue weighted by Crippen LogP contribution is 2.26. The number of thiophene rings is 1. The summed E-state index contributed by atoms with van der Waals surface area (Å²) in [6.07, 6.45) is 4.13. The van der Waals surface area contributed by atoms with Crippen LogP contribution in [-0.4, -0.2) is 35.4 Å². The number of hydrogen-bond donors (Lipinski definition) is 1. The van der Waals surface area contributed by atoms with Gasteiger partial charge in [-0.25, -0.2) is 4.98 Å². The predicted octanol–water partition coefficient (Wildman–Crippen LogP) is 2.75. The van der Waals surface area contributed by atoms with Crippen LogP contribution in [0.1, 0.15) is 25.7 Å². The highest BCUT2D eigenvalue weighted by Gasteiger charge is 2.21. The highest BCUT2D eigenvalue weighted by atomic mass is 32.1. The Morgan fingerprint density at radius 1 is 1.59 bits per heavy atom. The Balaban J connectivity index is 1.55. The van der Waals surface area contributed by atoms with Gasteiger partial charge in [-0.2, -0.15) is 0 Å². The van der Waals surface area contributed by atoms with Crippen LogP contribution in [0.2, 0.25) is 0 Å². The average molecular weight is 319 g/mol. The summed E-state index contributed by atoms with van der Waals surface area (Å²) in [6, 6.07) is 4.05. The Hall–Kier alpha value is -1.66. The zero-order valence-electron chi connectivity index (χ0n) is 12.7. The number of nitrogens with one attached hydrogen (secondary N) is 1. The van der Waals surface area contributed by atoms with E-state index in [-0.39, 0.29) is 5.91 Å². The standard InChI is InChI=1S/C16H21N3O2S/c1-12(20)17-8-13-4-2-6-19(10-13)11-16-18-9-14(21-16)15-5-3-7-22-15/h3,5,7,9,13H,2,4,6,8,10-11H2,1H3,(H,17,20). The molecule has 1 amide bonds. The highest BCUT2D eigenvalue weighted by molar-refractivity contribution is 7.13. The summed E-state index contributed by atoms with van der Waals surface area (Å²) in [4.78, 5) is 18.9. The van der Waals surface area contributed by atoms with Crippen molar-refractivity contribution in [2.75, 3.05) is 19.6 Å². The lowest BCUT2D eigenvalue weighted by Gasteiger charge is -2.31. The number of carbonyl (C=O) groups excluding carboxylic acids is 1. The van der Waals surface area contributed by atoms with E-state index in [1.807, 2.05) is 17.5 Å². The number of aromatic nitrogens is 1. The Morgan fingerprint density at radius 2 is 2.50 bits per heavy atom. The molecule has 0 radical (unpaired) electrons. The summed E-state index contributed by atoms with van der Waals surface area (Å²) in [5.74, 6) is 2.18. The van der Waals surface area contributed by atoms with Gasteiger partial charge in [-0.15, -0.1) is 11.3 Å². The van der Waals surface area contributed by atoms with E-state index in [0.29, 0.717) is 5.92 Å². The summed E-state index contributed by atoms with van der Waals surface area (Å²) >= 11 is 1.66. The maximum Gasteiger partial charge on any atom is 0.216 e. The molecule has 1 atom stereocenters. The topological polar surface area (TPSA) is 58.4 Å². The predicted molar refractivity (Wildman–Crippen MR) is 86.5 cm³/mol. The molecule has 1 saturated heterocycles. The van der Waals surface area contributed by atoms with E-state index in [1.54, 1.807) is 24.5 Å². The zero-order chi connectivity index (χ0) is 15.4. The second kappa shape index (κ2) is 7.07. The number of rotatable bonds is 5. The summed E-state index contributed by atoms with van der Waals surface area (Å²) in [6.45, 7) is 5.11. The summed E-state index contributed by atoms with van der Waals surface area (Å²) in [7, 11) is 0. The van der Waals surface area contributed by atoms with Crippen molar-refractivity contribution < 1.29 is 9.21 Å². The van der Waals surface area contributed by atoms with E-state index < -0.39 is 0 Å². The Kier molecular flexibility index (Phi) is 4.90. The Labute approximate surface area is 134 Å². The summed E-state index contributed by atoms with van der Waals surface area (Å²) < 4.78 is 5.85. The molecule has 2 aromatic heterocycles. The average Bonchev–Trinajstić information content (AvgIpc) is 3.16. The molecule has 118 valence electrons. The molecule has 3 rings (SSSR count). The van der Waals surface area contributed by atoms with E-state index in [0.717, 1.165) is 49.1 Å². The number of nitrogens with zero attached hydrogens (tertiary/aromatic N) is 2. The van der Waals surface area contributed by atoms with Crippen molar-refractivity contribution in [1.29, 1.82) is 0 Å². The lowest BCUT2D eigenvalue weighted by Crippen LogP contribution is -2.40. The first-order chi connectivity index (χ1) is 10.7. The number of carbonyl (C=O) groups is 1. The van der Waals surface area contributed by atoms with Gasteiger partial charge in [0.2, 0.25) is 11.8 Å². The van der Waals surface area contributed by atoms with Crippen molar-refractivity contribution in [2.45, 2.75) is 26.3 Å². The van der Waals surface area contributed by atoms with Crippen LogP contribution >= 0.6 is 11.3 Å². The molecule has 1 fully saturated rings. The molecule has 5 nitrogen and oxygen atoms in total. The van der Waals surface area contributed by atoms with Crippen LogP contribution in [0.5, 0.6) is 0 Å². The quantitative estimate of drug-likeness (QED) is 0.920. The Bertz CT molecular complexity index is 609. The van der Waals surface area contributed by atoms with Gasteiger partial charge < -0.3 is 9.73 Å². The van der Waals surface area contributed by atoms with Gasteiger partial charge in [0.05, 0.1) is 17.6 Å². The summed E-state index contributed by atoms with van der Waals surface area (Å²) in [5, 5.41) is 4.96. The van der Waals surface area contributed by atoms with E-state index in [1.165, 1.54) is 6.42 Å². The molecule has 1 aliphatic heterocycles. The van der Waals surface area contributed by atoms with Crippen molar-refractivity contribution in [3.8, 4) is 10.6 Å². The number of piperidine rings is 1. The maximum absolute atomic E-state index is 11.0. The Morgan fingerprint density at radius 3 is 3.27 bits per heavy atom. The van der Waals surface area contributed by atoms with Crippen LogP contribution in [-0.2, 0) is 11.3 Å². The second-order valence-corrected chi connectivity index (χ2v) is 6.72. The number of amides is 1. The van der Waals surface area contributed by atoms with Crippen LogP contribution in [0.4, 0.5) is 0 Å². The summed E-state index contributed by atoms with van der Waals surface area (Å²) in [5.41, 5.74) is 0. The third-order valence-electron chi connectivity index (χ3n) is 3.92. The van der Waals surface area contributed by atoms with Crippen LogP contribution in [0.3, 0.4) is 0 Å². The van der Waals surface area contributed by atoms with Gasteiger partial charge >= 0.3 is 0 Å². The smallest absolute Gasteiger partial charge is 0.216 e. The normalized spacial score (nSPS) is 19.2. The largest absolute Gasteiger partial charge is 0.438 e. The molecule has 0 saturated carbocycles. The molecule has 0 aliphatic carbocycles. The van der Waals surface area contributed by atoms with Gasteiger partial charge in [0, 0.05) is 20.0 Å². The molecule has 2 aromatic rings. The van der Waals surface area contributed by atoms with Crippen LogP contribution in [0.25, 0.3) is 10.6 Å². The maximum atomic E-state index is 11.0. The first kappa shape index (κ1) is 15.2. The first-order valence-corrected chi connectivity index (χ1v) is 8.54. The lowest BCUT2D eigenvalue weighted by molar-refractivity contribution is -0.119. The van der Waals surface area contributed by atoms with Crippen LogP contribution in [0, 0.1) is 5.92 Å². The van der Waals surface area contributed by atoms with Gasteiger partial charge in [0.15, 0.2) is 5.76 Å². The fourth-order valence-electron chi connectivity index (χ4n) is 2.86. The fraction of sp³-hybridized carbons (Fsp3) is 0.500. The molecule has 1 N–H and O–H groups in total. The minimum atomic E-state index is 0.0467. The van der Waals surface area contributed by atoms with Gasteiger partial charge in [-0.1, -0.05) is 6.07 Å². The zero-order valence-corrected chi connectivity index (χ0v) is 13.6. The number of oxazole rings is 1. The minimum absolute atomic E-state index is 0.0467. The SMILES string of the molecule is CC(=O)NCC1CCCN(Cc2ncc(-c3cccs3)o2)C1. The van der Waals surface area contributed by atoms with Crippen molar-refractivity contribution in [3.63, 3.8) is 0 Å². The molecule has 6 heteroatoms. The number of likely N-dealkylation sites (tertiary alicyclic amines) is 1. The van der Waals surface area contributed by atoms with Gasteiger partial charge in [-0.3, -0.25) is 9.69 Å². The molecular formula is C16H21N3O2S. The molecule has 3 heterocycles. The monoisotopic (exact) mass is 319 g/mol. The van der Waals surface area contributed by atoms with Crippen molar-refractivity contribution in [1.82, 2.24) is 15.2 Å². The number of hydrogen-bond acceptors (Lipinski definition) is 5. The van der Waals surface area contributed by atoms with E-state index in [4.69, 9.17) is 4.42 Å². The molecular weight excluding hydrogens is 298 g/mol. The van der Waals surface area contributed by atoms with Crippen molar-refractivity contribution in [2.24, 2.45) is 5.92 Å². The van der Waals surface area contributed by atoms with Crippen molar-refractivity contribution in [3.05, 3.63) is 29.6 Å². The third kappa shape index (κ3) is 3.96. The molecule has 0 bridgehead atoms. The van der Waals surface area contributed by atoms with Gasteiger partial charge in [0.1, 0.15) is 0 Å². The fourth-order valence-corrected chi connectivity index (χ4v) is 3.53. The van der Waals surface area contributed by atoms with E-state index in [2.05, 4.69) is 15.2 Å². The molecule has 1 unspecified atom stereocenters. The second-order valence-electron chi connectivity index (χ2n) is 5.78. The molecule has 1 aliphatic rings. The van der Waals surface area contributed by atoms with Crippen LogP contribution in [0.15, 0.2) is 28.1 Å². The van der Waals surface area contributed by atoms with Gasteiger partial charge in [-0.05, 0) is 36.8 Å². The molecule has 0 aromatic carbocycles. The van der Waals surface area contributed by atoms with E-state index in [9.17, 15) is 4.79 Å². The molecule has 0 spiro atoms. The molecule has 22 heavy (non-hydrogen) atoms. The first-order valence-electron chi connectivity index (χ1n) is 7.66. The minimum Gasteiger partial charge on any atom is -0.438 e. The van der Waals surface area contributed by atoms with E-state index >= 15 is 0 Å². The lowest BCUT2D eigenvalue weighted by atomic mass is 9.98. The van der Waals surface area contributed by atoms with Crippen molar-refractivity contribution >= 4 is 17.2 Å².